The zero-order valence-corrected chi connectivity index (χ0v) is 13.7. The minimum atomic E-state index is 0.597. The van der Waals surface area contributed by atoms with Crippen LogP contribution in [0.15, 0.2) is 29.5 Å². The van der Waals surface area contributed by atoms with Crippen molar-refractivity contribution in [3.05, 3.63) is 30.1 Å². The van der Waals surface area contributed by atoms with Gasteiger partial charge in [-0.05, 0) is 36.9 Å². The molecule has 0 saturated carbocycles. The summed E-state index contributed by atoms with van der Waals surface area (Å²) in [5.41, 5.74) is 7.40. The summed E-state index contributed by atoms with van der Waals surface area (Å²) in [4.78, 5) is 13.5. The summed E-state index contributed by atoms with van der Waals surface area (Å²) in [6.45, 7) is 7.26. The number of guanidine groups is 1. The molecule has 2 aliphatic rings. The minimum absolute atomic E-state index is 0.597. The Kier molecular flexibility index (Phi) is 5.82. The van der Waals surface area contributed by atoms with E-state index in [0.29, 0.717) is 11.9 Å². The average Bonchev–Trinajstić information content (AvgIpc) is 2.62. The highest BCUT2D eigenvalue weighted by molar-refractivity contribution is 5.78. The largest absolute Gasteiger partial charge is 0.378 e. The normalized spacial score (nSPS) is 23.9. The Morgan fingerprint density at radius 3 is 3.00 bits per heavy atom. The first-order valence-corrected chi connectivity index (χ1v) is 8.55. The molecule has 0 spiro atoms. The quantitative estimate of drug-likeness (QED) is 0.661. The lowest BCUT2D eigenvalue weighted by atomic mass is 9.98. The Bertz CT molecular complexity index is 501. The smallest absolute Gasteiger partial charge is 0.191 e. The van der Waals surface area contributed by atoms with Crippen molar-refractivity contribution >= 4 is 5.96 Å². The molecule has 2 saturated heterocycles. The van der Waals surface area contributed by atoms with E-state index in [1.54, 1.807) is 0 Å². The molecule has 2 fully saturated rings. The highest BCUT2D eigenvalue weighted by Crippen LogP contribution is 2.18. The first-order chi connectivity index (χ1) is 11.3. The standard InChI is InChI=1S/C17H27N5O/c18-17(22-7-9-23-10-8-22)20-12-16-4-2-6-21(14-16)13-15-3-1-5-19-11-15/h1,3,5,11,16H,2,4,6-10,12-14H2,(H2,18,20). The van der Waals surface area contributed by atoms with Gasteiger partial charge in [-0.2, -0.15) is 0 Å². The lowest BCUT2D eigenvalue weighted by Crippen LogP contribution is -2.45. The first kappa shape index (κ1) is 16.2. The summed E-state index contributed by atoms with van der Waals surface area (Å²) < 4.78 is 5.35. The van der Waals surface area contributed by atoms with Gasteiger partial charge in [0.1, 0.15) is 0 Å². The SMILES string of the molecule is NC(=NCC1CCCN(Cc2cccnc2)C1)N1CCOCC1. The molecule has 3 heterocycles. The molecular formula is C17H27N5O. The van der Waals surface area contributed by atoms with Gasteiger partial charge >= 0.3 is 0 Å². The molecule has 1 aromatic heterocycles. The predicted octanol–water partition coefficient (Wildman–Crippen LogP) is 0.940. The molecule has 126 valence electrons. The van der Waals surface area contributed by atoms with Gasteiger partial charge in [-0.1, -0.05) is 6.07 Å². The van der Waals surface area contributed by atoms with Crippen molar-refractivity contribution in [1.29, 1.82) is 0 Å². The van der Waals surface area contributed by atoms with Crippen molar-refractivity contribution in [2.75, 3.05) is 45.9 Å². The fourth-order valence-electron chi connectivity index (χ4n) is 3.31. The molecule has 2 N–H and O–H groups in total. The molecular weight excluding hydrogens is 290 g/mol. The van der Waals surface area contributed by atoms with E-state index in [-0.39, 0.29) is 0 Å². The number of nitrogens with two attached hydrogens (primary N) is 1. The van der Waals surface area contributed by atoms with E-state index in [4.69, 9.17) is 10.5 Å². The molecule has 2 aliphatic heterocycles. The van der Waals surface area contributed by atoms with Gasteiger partial charge in [-0.15, -0.1) is 0 Å². The second kappa shape index (κ2) is 8.26. The zero-order valence-electron chi connectivity index (χ0n) is 13.7. The number of aliphatic imine (C=N–C) groups is 1. The van der Waals surface area contributed by atoms with Crippen molar-refractivity contribution in [2.24, 2.45) is 16.6 Å². The number of hydrogen-bond donors (Lipinski definition) is 1. The second-order valence-corrected chi connectivity index (χ2v) is 6.40. The molecule has 1 atom stereocenters. The predicted molar refractivity (Wildman–Crippen MR) is 91.1 cm³/mol. The molecule has 0 aliphatic carbocycles. The number of rotatable bonds is 4. The van der Waals surface area contributed by atoms with Crippen LogP contribution in [0.2, 0.25) is 0 Å². The number of aromatic nitrogens is 1. The number of pyridine rings is 1. The maximum absolute atomic E-state index is 6.12. The Hall–Kier alpha value is -1.66. The maximum atomic E-state index is 6.12. The van der Waals surface area contributed by atoms with E-state index in [2.05, 4.69) is 25.8 Å². The van der Waals surface area contributed by atoms with Gasteiger partial charge in [0.15, 0.2) is 5.96 Å². The number of nitrogens with zero attached hydrogens (tertiary/aromatic N) is 4. The van der Waals surface area contributed by atoms with Crippen molar-refractivity contribution in [2.45, 2.75) is 19.4 Å². The van der Waals surface area contributed by atoms with Gasteiger partial charge in [0.2, 0.25) is 0 Å². The Balaban J connectivity index is 1.48. The molecule has 3 rings (SSSR count). The molecule has 0 radical (unpaired) electrons. The van der Waals surface area contributed by atoms with Crippen LogP contribution in [-0.2, 0) is 11.3 Å². The molecule has 0 aromatic carbocycles. The number of likely N-dealkylation sites (tertiary alicyclic amines) is 1. The van der Waals surface area contributed by atoms with Crippen molar-refractivity contribution in [1.82, 2.24) is 14.8 Å². The summed E-state index contributed by atoms with van der Waals surface area (Å²) in [5, 5.41) is 0. The summed E-state index contributed by atoms with van der Waals surface area (Å²) in [7, 11) is 0. The van der Waals surface area contributed by atoms with E-state index in [1.807, 2.05) is 18.5 Å². The number of ether oxygens (including phenoxy) is 1. The van der Waals surface area contributed by atoms with Crippen LogP contribution in [0, 0.1) is 5.92 Å². The molecule has 1 unspecified atom stereocenters. The Morgan fingerprint density at radius 2 is 2.22 bits per heavy atom. The van der Waals surface area contributed by atoms with Crippen LogP contribution < -0.4 is 5.73 Å². The van der Waals surface area contributed by atoms with Gasteiger partial charge in [0.05, 0.1) is 13.2 Å². The molecule has 0 amide bonds. The van der Waals surface area contributed by atoms with Crippen LogP contribution >= 0.6 is 0 Å². The van der Waals surface area contributed by atoms with Gasteiger partial charge in [-0.25, -0.2) is 0 Å². The third-order valence-electron chi connectivity index (χ3n) is 4.58. The highest BCUT2D eigenvalue weighted by Gasteiger charge is 2.20. The van der Waals surface area contributed by atoms with Crippen molar-refractivity contribution in [3.8, 4) is 0 Å². The monoisotopic (exact) mass is 317 g/mol. The summed E-state index contributed by atoms with van der Waals surface area (Å²) in [6, 6.07) is 4.15. The average molecular weight is 317 g/mol. The topological polar surface area (TPSA) is 67.0 Å². The molecule has 1 aromatic rings. The maximum Gasteiger partial charge on any atom is 0.191 e. The van der Waals surface area contributed by atoms with Gasteiger partial charge in [0.25, 0.3) is 0 Å². The highest BCUT2D eigenvalue weighted by atomic mass is 16.5. The number of piperidine rings is 1. The third-order valence-corrected chi connectivity index (χ3v) is 4.58. The van der Waals surface area contributed by atoms with E-state index in [9.17, 15) is 0 Å². The Morgan fingerprint density at radius 1 is 1.35 bits per heavy atom. The fraction of sp³-hybridized carbons (Fsp3) is 0.647. The van der Waals surface area contributed by atoms with Gasteiger partial charge < -0.3 is 15.4 Å². The van der Waals surface area contributed by atoms with Crippen LogP contribution in [0.4, 0.5) is 0 Å². The number of morpholine rings is 1. The fourth-order valence-corrected chi connectivity index (χ4v) is 3.31. The summed E-state index contributed by atoms with van der Waals surface area (Å²) >= 11 is 0. The van der Waals surface area contributed by atoms with Crippen molar-refractivity contribution in [3.63, 3.8) is 0 Å². The first-order valence-electron chi connectivity index (χ1n) is 8.55. The van der Waals surface area contributed by atoms with Crippen LogP contribution in [0.3, 0.4) is 0 Å². The van der Waals surface area contributed by atoms with Crippen LogP contribution in [0.1, 0.15) is 18.4 Å². The third kappa shape index (κ3) is 4.91. The summed E-state index contributed by atoms with van der Waals surface area (Å²) in [6.07, 6.45) is 6.26. The zero-order chi connectivity index (χ0) is 15.9. The van der Waals surface area contributed by atoms with Crippen LogP contribution in [0.5, 0.6) is 0 Å². The Labute approximate surface area is 138 Å². The van der Waals surface area contributed by atoms with E-state index in [1.165, 1.54) is 18.4 Å². The molecule has 6 heteroatoms. The van der Waals surface area contributed by atoms with E-state index >= 15 is 0 Å². The lowest BCUT2D eigenvalue weighted by molar-refractivity contribution is 0.0673. The molecule has 0 bridgehead atoms. The number of hydrogen-bond acceptors (Lipinski definition) is 4. The molecule has 23 heavy (non-hydrogen) atoms. The van der Waals surface area contributed by atoms with Gasteiger partial charge in [0, 0.05) is 45.1 Å². The lowest BCUT2D eigenvalue weighted by Gasteiger charge is -2.32. The van der Waals surface area contributed by atoms with E-state index in [0.717, 1.165) is 52.5 Å². The minimum Gasteiger partial charge on any atom is -0.378 e. The molecule has 6 nitrogen and oxygen atoms in total. The van der Waals surface area contributed by atoms with Crippen molar-refractivity contribution < 1.29 is 4.74 Å². The van der Waals surface area contributed by atoms with E-state index < -0.39 is 0 Å². The van der Waals surface area contributed by atoms with Gasteiger partial charge in [-0.3, -0.25) is 14.9 Å². The summed E-state index contributed by atoms with van der Waals surface area (Å²) in [5.74, 6) is 1.28. The van der Waals surface area contributed by atoms with Crippen LogP contribution in [-0.4, -0.2) is 66.7 Å². The second-order valence-electron chi connectivity index (χ2n) is 6.40. The van der Waals surface area contributed by atoms with Crippen LogP contribution in [0.25, 0.3) is 0 Å².